The summed E-state index contributed by atoms with van der Waals surface area (Å²) in [4.78, 5) is 5.86. The summed E-state index contributed by atoms with van der Waals surface area (Å²) >= 11 is 0. The standard InChI is InChI=1S/C19H26NO.CH4/c1-3-5-9-17(4-2)16-21-20-14-12-19(13-15-20)18-10-7-6-8-11-18;/h6-8,10-15,17H,3-5,9,16H2,1-2H3;1H4/q+1;. The van der Waals surface area contributed by atoms with Gasteiger partial charge in [-0.3, -0.25) is 4.84 Å². The highest BCUT2D eigenvalue weighted by Crippen LogP contribution is 2.16. The number of rotatable bonds is 8. The number of unbranched alkanes of at least 4 members (excludes halogenated alkanes) is 1. The third-order valence-corrected chi connectivity index (χ3v) is 3.91. The molecule has 1 aromatic heterocycles. The SMILES string of the molecule is C.CCCCC(CC)CO[n+]1ccc(-c2ccccc2)cc1. The summed E-state index contributed by atoms with van der Waals surface area (Å²) in [6.07, 6.45) is 8.98. The van der Waals surface area contributed by atoms with E-state index in [0.717, 1.165) is 6.61 Å². The molecule has 0 radical (unpaired) electrons. The second-order valence-electron chi connectivity index (χ2n) is 5.53. The first-order chi connectivity index (χ1) is 10.3. The molecule has 0 aliphatic carbocycles. The summed E-state index contributed by atoms with van der Waals surface area (Å²) in [5.74, 6) is 0.659. The lowest BCUT2D eigenvalue weighted by atomic mass is 10.0. The van der Waals surface area contributed by atoms with Gasteiger partial charge >= 0.3 is 0 Å². The molecule has 0 saturated heterocycles. The minimum atomic E-state index is 0. The van der Waals surface area contributed by atoms with Gasteiger partial charge in [0.2, 0.25) is 12.4 Å². The van der Waals surface area contributed by atoms with E-state index in [9.17, 15) is 0 Å². The van der Waals surface area contributed by atoms with Crippen LogP contribution in [0.15, 0.2) is 54.9 Å². The summed E-state index contributed by atoms with van der Waals surface area (Å²) in [5.41, 5.74) is 2.45. The van der Waals surface area contributed by atoms with Crippen LogP contribution < -0.4 is 9.57 Å². The van der Waals surface area contributed by atoms with Gasteiger partial charge in [0.15, 0.2) is 6.61 Å². The molecule has 2 heteroatoms. The van der Waals surface area contributed by atoms with Crippen molar-refractivity contribution in [3.8, 4) is 11.1 Å². The van der Waals surface area contributed by atoms with Gasteiger partial charge in [-0.1, -0.05) is 64.4 Å². The normalized spacial score (nSPS) is 11.5. The Kier molecular flexibility index (Phi) is 8.27. The molecule has 1 heterocycles. The molecule has 1 aromatic carbocycles. The first kappa shape index (κ1) is 18.2. The molecule has 22 heavy (non-hydrogen) atoms. The Morgan fingerprint density at radius 1 is 0.955 bits per heavy atom. The van der Waals surface area contributed by atoms with Gasteiger partial charge in [0, 0.05) is 16.9 Å². The summed E-state index contributed by atoms with van der Waals surface area (Å²) in [6.45, 7) is 5.28. The molecule has 120 valence electrons. The fraction of sp³-hybridized carbons (Fsp3) is 0.450. The van der Waals surface area contributed by atoms with Crippen molar-refractivity contribution in [2.24, 2.45) is 5.92 Å². The summed E-state index contributed by atoms with van der Waals surface area (Å²) in [6, 6.07) is 14.6. The Hall–Kier alpha value is -1.83. The Bertz CT molecular complexity index is 507. The van der Waals surface area contributed by atoms with E-state index in [4.69, 9.17) is 4.84 Å². The first-order valence-electron chi connectivity index (χ1n) is 8.03. The smallest absolute Gasteiger partial charge is 0.223 e. The maximum atomic E-state index is 5.86. The molecule has 0 aliphatic heterocycles. The molecule has 2 rings (SSSR count). The predicted molar refractivity (Wildman–Crippen MR) is 93.6 cm³/mol. The largest absolute Gasteiger partial charge is 0.271 e. The van der Waals surface area contributed by atoms with E-state index in [2.05, 4.69) is 50.2 Å². The average Bonchev–Trinajstić information content (AvgIpc) is 2.56. The molecule has 2 nitrogen and oxygen atoms in total. The number of benzene rings is 1. The van der Waals surface area contributed by atoms with Crippen molar-refractivity contribution in [1.29, 1.82) is 0 Å². The van der Waals surface area contributed by atoms with Crippen LogP contribution in [0.1, 0.15) is 47.0 Å². The Balaban J connectivity index is 0.00000242. The maximum absolute atomic E-state index is 5.86. The van der Waals surface area contributed by atoms with Crippen LogP contribution in [-0.2, 0) is 0 Å². The Morgan fingerprint density at radius 3 is 2.18 bits per heavy atom. The number of nitrogens with zero attached hydrogens (tertiary/aromatic N) is 1. The minimum Gasteiger partial charge on any atom is -0.271 e. The van der Waals surface area contributed by atoms with Crippen LogP contribution in [0.4, 0.5) is 0 Å². The van der Waals surface area contributed by atoms with Gasteiger partial charge in [0.1, 0.15) is 0 Å². The lowest BCUT2D eigenvalue weighted by Gasteiger charge is -2.11. The van der Waals surface area contributed by atoms with E-state index in [1.165, 1.54) is 36.8 Å². The molecule has 0 fully saturated rings. The van der Waals surface area contributed by atoms with Gasteiger partial charge in [-0.2, -0.15) is 0 Å². The molecule has 0 spiro atoms. The highest BCUT2D eigenvalue weighted by molar-refractivity contribution is 5.61. The zero-order valence-electron chi connectivity index (χ0n) is 13.2. The molecule has 0 saturated carbocycles. The van der Waals surface area contributed by atoms with Gasteiger partial charge in [-0.25, -0.2) is 0 Å². The second-order valence-corrected chi connectivity index (χ2v) is 5.53. The monoisotopic (exact) mass is 300 g/mol. The van der Waals surface area contributed by atoms with Crippen molar-refractivity contribution in [3.63, 3.8) is 0 Å². The third-order valence-electron chi connectivity index (χ3n) is 3.91. The second kappa shape index (κ2) is 9.99. The zero-order valence-corrected chi connectivity index (χ0v) is 13.2. The zero-order chi connectivity index (χ0) is 14.9. The molecule has 1 atom stereocenters. The van der Waals surface area contributed by atoms with E-state index in [-0.39, 0.29) is 7.43 Å². The van der Waals surface area contributed by atoms with E-state index in [1.54, 1.807) is 0 Å². The van der Waals surface area contributed by atoms with Gasteiger partial charge in [0.25, 0.3) is 0 Å². The molecular weight excluding hydrogens is 270 g/mol. The Labute approximate surface area is 135 Å². The van der Waals surface area contributed by atoms with Gasteiger partial charge in [0.05, 0.1) is 0 Å². The van der Waals surface area contributed by atoms with Crippen molar-refractivity contribution >= 4 is 0 Å². The molecule has 0 amide bonds. The lowest BCUT2D eigenvalue weighted by molar-refractivity contribution is -0.892. The quantitative estimate of drug-likeness (QED) is 0.631. The van der Waals surface area contributed by atoms with Crippen LogP contribution in [0, 0.1) is 5.92 Å². The van der Waals surface area contributed by atoms with Crippen molar-refractivity contribution < 1.29 is 9.57 Å². The third kappa shape index (κ3) is 5.51. The van der Waals surface area contributed by atoms with Gasteiger partial charge in [-0.15, -0.1) is 0 Å². The predicted octanol–water partition coefficient (Wildman–Crippen LogP) is 4.92. The minimum absolute atomic E-state index is 0. The number of hydrogen-bond acceptors (Lipinski definition) is 1. The lowest BCUT2D eigenvalue weighted by Crippen LogP contribution is -2.43. The van der Waals surface area contributed by atoms with Crippen molar-refractivity contribution in [2.45, 2.75) is 47.0 Å². The summed E-state index contributed by atoms with van der Waals surface area (Å²) < 4.78 is 1.82. The van der Waals surface area contributed by atoms with Gasteiger partial charge in [-0.05, 0) is 29.9 Å². The Morgan fingerprint density at radius 2 is 1.59 bits per heavy atom. The topological polar surface area (TPSA) is 13.1 Å². The number of aromatic nitrogens is 1. The van der Waals surface area contributed by atoms with Gasteiger partial charge < -0.3 is 0 Å². The molecule has 0 bridgehead atoms. The summed E-state index contributed by atoms with van der Waals surface area (Å²) in [7, 11) is 0. The van der Waals surface area contributed by atoms with E-state index >= 15 is 0 Å². The number of hydrogen-bond donors (Lipinski definition) is 0. The fourth-order valence-corrected chi connectivity index (χ4v) is 2.41. The van der Waals surface area contributed by atoms with Crippen molar-refractivity contribution in [3.05, 3.63) is 54.9 Å². The van der Waals surface area contributed by atoms with Crippen molar-refractivity contribution in [1.82, 2.24) is 0 Å². The van der Waals surface area contributed by atoms with Crippen LogP contribution in [0.3, 0.4) is 0 Å². The molecular formula is C20H30NO+. The van der Waals surface area contributed by atoms with Crippen molar-refractivity contribution in [2.75, 3.05) is 6.61 Å². The maximum Gasteiger partial charge on any atom is 0.223 e. The number of pyridine rings is 1. The molecule has 0 aliphatic rings. The van der Waals surface area contributed by atoms with E-state index in [1.807, 2.05) is 23.2 Å². The first-order valence-corrected chi connectivity index (χ1v) is 8.03. The summed E-state index contributed by atoms with van der Waals surface area (Å²) in [5, 5.41) is 0. The highest BCUT2D eigenvalue weighted by Gasteiger charge is 2.10. The molecule has 1 unspecified atom stereocenters. The molecule has 2 aromatic rings. The highest BCUT2D eigenvalue weighted by atomic mass is 16.7. The fourth-order valence-electron chi connectivity index (χ4n) is 2.41. The molecule has 0 N–H and O–H groups in total. The van der Waals surface area contributed by atoms with E-state index in [0.29, 0.717) is 5.92 Å². The van der Waals surface area contributed by atoms with Crippen LogP contribution in [-0.4, -0.2) is 6.61 Å². The average molecular weight is 300 g/mol. The van der Waals surface area contributed by atoms with Crippen LogP contribution in [0.25, 0.3) is 11.1 Å². The van der Waals surface area contributed by atoms with E-state index < -0.39 is 0 Å². The van der Waals surface area contributed by atoms with Crippen LogP contribution in [0.2, 0.25) is 0 Å². The van der Waals surface area contributed by atoms with Crippen LogP contribution >= 0.6 is 0 Å². The van der Waals surface area contributed by atoms with Crippen LogP contribution in [0.5, 0.6) is 0 Å².